The van der Waals surface area contributed by atoms with Crippen molar-refractivity contribution in [2.45, 2.75) is 0 Å². The number of amidine groups is 2. The fraction of sp³-hybridized carbons (Fsp3) is 0. The maximum absolute atomic E-state index is 9.01. The third-order valence-electron chi connectivity index (χ3n) is 7.24. The third kappa shape index (κ3) is 4.83. The lowest BCUT2D eigenvalue weighted by atomic mass is 10.0. The second-order valence-electron chi connectivity index (χ2n) is 9.87. The Hall–Kier alpha value is -5.61. The summed E-state index contributed by atoms with van der Waals surface area (Å²) in [4.78, 5) is 9.58. The summed E-state index contributed by atoms with van der Waals surface area (Å²) in [5.74, 6) is 0.551. The monoisotopic (exact) mass is 527 g/mol. The van der Waals surface area contributed by atoms with Gasteiger partial charge in [0.05, 0.1) is 5.56 Å². The van der Waals surface area contributed by atoms with Crippen molar-refractivity contribution in [3.05, 3.63) is 156 Å². The average Bonchev–Trinajstić information content (AvgIpc) is 3.42. The molecule has 1 N–H and O–H groups in total. The minimum Gasteiger partial charge on any atom is -0.455 e. The molecule has 6 aromatic carbocycles. The van der Waals surface area contributed by atoms with Crippen molar-refractivity contribution >= 4 is 50.6 Å². The van der Waals surface area contributed by atoms with Gasteiger partial charge in [-0.3, -0.25) is 5.41 Å². The molecule has 0 aliphatic carbocycles. The van der Waals surface area contributed by atoms with E-state index in [0.717, 1.165) is 43.8 Å². The Kier molecular flexibility index (Phi) is 6.26. The van der Waals surface area contributed by atoms with E-state index in [4.69, 9.17) is 19.8 Å². The van der Waals surface area contributed by atoms with Crippen LogP contribution >= 0.6 is 0 Å². The molecule has 0 bridgehead atoms. The van der Waals surface area contributed by atoms with Crippen molar-refractivity contribution < 1.29 is 4.42 Å². The van der Waals surface area contributed by atoms with E-state index in [0.29, 0.717) is 17.0 Å². The van der Waals surface area contributed by atoms with Crippen LogP contribution in [-0.4, -0.2) is 17.9 Å². The van der Waals surface area contributed by atoms with E-state index in [1.807, 2.05) is 91.0 Å². The van der Waals surface area contributed by atoms with Gasteiger partial charge in [0.25, 0.3) is 0 Å². The van der Waals surface area contributed by atoms with Crippen molar-refractivity contribution in [3.8, 4) is 11.1 Å². The summed E-state index contributed by atoms with van der Waals surface area (Å²) in [5.41, 5.74) is 6.17. The second kappa shape index (κ2) is 10.5. The Morgan fingerprint density at radius 3 is 2.17 bits per heavy atom. The van der Waals surface area contributed by atoms with Crippen molar-refractivity contribution in [2.75, 3.05) is 0 Å². The van der Waals surface area contributed by atoms with Gasteiger partial charge in [-0.05, 0) is 45.7 Å². The van der Waals surface area contributed by atoms with Gasteiger partial charge >= 0.3 is 0 Å². The highest BCUT2D eigenvalue weighted by Gasteiger charge is 2.14. The highest BCUT2D eigenvalue weighted by molar-refractivity contribution is 6.19. The third-order valence-corrected chi connectivity index (χ3v) is 7.24. The molecule has 0 atom stereocenters. The van der Waals surface area contributed by atoms with Gasteiger partial charge in [-0.15, -0.1) is 0 Å². The maximum Gasteiger partial charge on any atom is 0.161 e. The van der Waals surface area contributed by atoms with Crippen molar-refractivity contribution in [1.82, 2.24) is 0 Å². The van der Waals surface area contributed by atoms with E-state index < -0.39 is 0 Å². The average molecular weight is 528 g/mol. The summed E-state index contributed by atoms with van der Waals surface area (Å²) < 4.78 is 6.18. The highest BCUT2D eigenvalue weighted by atomic mass is 16.3. The summed E-state index contributed by atoms with van der Waals surface area (Å²) >= 11 is 0. The number of hydrogen-bond donors (Lipinski definition) is 1. The summed E-state index contributed by atoms with van der Waals surface area (Å²) in [5, 5.41) is 13.2. The van der Waals surface area contributed by atoms with Crippen LogP contribution in [0.15, 0.2) is 154 Å². The number of furan rings is 1. The van der Waals surface area contributed by atoms with Gasteiger partial charge in [0, 0.05) is 22.6 Å². The number of benzene rings is 6. The molecular formula is C37H25N3O. The number of nitrogens with one attached hydrogen (secondary N) is 1. The predicted octanol–water partition coefficient (Wildman–Crippen LogP) is 9.30. The number of fused-ring (bicyclic) bond motifs is 4. The zero-order valence-corrected chi connectivity index (χ0v) is 22.2. The maximum atomic E-state index is 9.01. The molecule has 0 spiro atoms. The van der Waals surface area contributed by atoms with Crippen LogP contribution in [0.5, 0.6) is 0 Å². The molecule has 0 radical (unpaired) electrons. The highest BCUT2D eigenvalue weighted by Crippen LogP contribution is 2.31. The van der Waals surface area contributed by atoms with Gasteiger partial charge < -0.3 is 4.42 Å². The van der Waals surface area contributed by atoms with Crippen LogP contribution in [-0.2, 0) is 0 Å². The molecule has 0 saturated carbocycles. The van der Waals surface area contributed by atoms with Crippen LogP contribution in [0.3, 0.4) is 0 Å². The molecule has 7 aromatic rings. The Bertz CT molecular complexity index is 2100. The Morgan fingerprint density at radius 1 is 0.610 bits per heavy atom. The fourth-order valence-electron chi connectivity index (χ4n) is 5.12. The summed E-state index contributed by atoms with van der Waals surface area (Å²) in [6.45, 7) is 0. The van der Waals surface area contributed by atoms with Gasteiger partial charge in [-0.25, -0.2) is 9.98 Å². The van der Waals surface area contributed by atoms with Crippen molar-refractivity contribution in [1.29, 1.82) is 5.41 Å². The molecule has 0 unspecified atom stereocenters. The normalized spacial score (nSPS) is 12.0. The molecule has 4 nitrogen and oxygen atoms in total. The minimum atomic E-state index is 0.0920. The first-order valence-corrected chi connectivity index (χ1v) is 13.5. The second-order valence-corrected chi connectivity index (χ2v) is 9.87. The molecule has 0 aliphatic rings. The van der Waals surface area contributed by atoms with Gasteiger partial charge in [0.1, 0.15) is 11.2 Å². The Balaban J connectivity index is 1.29. The molecule has 4 heteroatoms. The van der Waals surface area contributed by atoms with E-state index >= 15 is 0 Å². The number of hydrogen-bond acceptors (Lipinski definition) is 2. The first-order chi connectivity index (χ1) is 20.2. The van der Waals surface area contributed by atoms with Crippen molar-refractivity contribution in [2.24, 2.45) is 9.98 Å². The number of rotatable bonds is 4. The van der Waals surface area contributed by atoms with Crippen LogP contribution in [0.1, 0.15) is 16.7 Å². The molecule has 0 aliphatic heterocycles. The molecule has 0 amide bonds. The van der Waals surface area contributed by atoms with Crippen LogP contribution < -0.4 is 0 Å². The Morgan fingerprint density at radius 2 is 1.32 bits per heavy atom. The van der Waals surface area contributed by atoms with E-state index in [-0.39, 0.29) is 5.84 Å². The smallest absolute Gasteiger partial charge is 0.161 e. The zero-order valence-electron chi connectivity index (χ0n) is 22.2. The quantitative estimate of drug-likeness (QED) is 0.180. The zero-order chi connectivity index (χ0) is 27.6. The number of para-hydroxylation sites is 2. The first-order valence-electron chi connectivity index (χ1n) is 13.5. The fourth-order valence-corrected chi connectivity index (χ4v) is 5.12. The van der Waals surface area contributed by atoms with Crippen LogP contribution in [0, 0.1) is 5.41 Å². The minimum absolute atomic E-state index is 0.0920. The van der Waals surface area contributed by atoms with E-state index in [1.54, 1.807) is 6.21 Å². The molecule has 1 heterocycles. The van der Waals surface area contributed by atoms with Gasteiger partial charge in [-0.1, -0.05) is 121 Å². The van der Waals surface area contributed by atoms with Gasteiger partial charge in [0.15, 0.2) is 11.7 Å². The van der Waals surface area contributed by atoms with Gasteiger partial charge in [0.2, 0.25) is 0 Å². The molecule has 1 aromatic heterocycles. The summed E-state index contributed by atoms with van der Waals surface area (Å²) in [6, 6.07) is 46.7. The molecular weight excluding hydrogens is 502 g/mol. The lowest BCUT2D eigenvalue weighted by Crippen LogP contribution is -2.05. The molecule has 0 fully saturated rings. The number of aliphatic imine (C=N–C) groups is 2. The standard InChI is InChI=1S/C37H25N3O/c38-36(33-15-8-14-32-31-13-6-7-16-34(31)41-35(32)33)40-37(30-22-21-27-11-4-5-12-29(27)23-30)39-24-25-17-19-28(20-18-25)26-9-2-1-3-10-26/h1-24,38H. The van der Waals surface area contributed by atoms with E-state index in [9.17, 15) is 0 Å². The van der Waals surface area contributed by atoms with E-state index in [1.165, 1.54) is 5.56 Å². The van der Waals surface area contributed by atoms with Crippen LogP contribution in [0.4, 0.5) is 0 Å². The van der Waals surface area contributed by atoms with Crippen molar-refractivity contribution in [3.63, 3.8) is 0 Å². The lowest BCUT2D eigenvalue weighted by Gasteiger charge is -2.06. The number of nitrogens with zero attached hydrogens (tertiary/aromatic N) is 2. The van der Waals surface area contributed by atoms with Gasteiger partial charge in [-0.2, -0.15) is 0 Å². The lowest BCUT2D eigenvalue weighted by molar-refractivity contribution is 0.668. The summed E-state index contributed by atoms with van der Waals surface area (Å²) in [6.07, 6.45) is 1.80. The SMILES string of the molecule is N=C(N=C(N=Cc1ccc(-c2ccccc2)cc1)c1ccc2ccccc2c1)c1cccc2c1oc1ccccc12. The Labute approximate surface area is 237 Å². The van der Waals surface area contributed by atoms with Crippen LogP contribution in [0.2, 0.25) is 0 Å². The summed E-state index contributed by atoms with van der Waals surface area (Å²) in [7, 11) is 0. The molecule has 7 rings (SSSR count). The molecule has 0 saturated heterocycles. The first kappa shape index (κ1) is 24.4. The molecule has 194 valence electrons. The van der Waals surface area contributed by atoms with Crippen LogP contribution in [0.25, 0.3) is 43.8 Å². The largest absolute Gasteiger partial charge is 0.455 e. The topological polar surface area (TPSA) is 61.7 Å². The predicted molar refractivity (Wildman–Crippen MR) is 171 cm³/mol. The van der Waals surface area contributed by atoms with E-state index in [2.05, 4.69) is 48.5 Å². The molecule has 41 heavy (non-hydrogen) atoms.